The smallest absolute Gasteiger partial charge is 0.243 e. The summed E-state index contributed by atoms with van der Waals surface area (Å²) in [7, 11) is -1.33. The molecule has 1 saturated heterocycles. The monoisotopic (exact) mass is 282 g/mol. The van der Waals surface area contributed by atoms with Crippen molar-refractivity contribution in [2.75, 3.05) is 26.7 Å². The average Bonchev–Trinajstić information content (AvgIpc) is 2.35. The first-order valence-corrected chi connectivity index (χ1v) is 8.04. The molecule has 0 amide bonds. The van der Waals surface area contributed by atoms with Crippen molar-refractivity contribution in [3.8, 4) is 0 Å². The summed E-state index contributed by atoms with van der Waals surface area (Å²) < 4.78 is 27.1. The maximum Gasteiger partial charge on any atom is 0.243 e. The van der Waals surface area contributed by atoms with Gasteiger partial charge in [0, 0.05) is 25.7 Å². The number of rotatable bonds is 2. The maximum atomic E-state index is 12.7. The van der Waals surface area contributed by atoms with E-state index in [9.17, 15) is 8.42 Å². The van der Waals surface area contributed by atoms with E-state index in [-0.39, 0.29) is 6.04 Å². The second-order valence-corrected chi connectivity index (χ2v) is 7.37. The number of piperazine rings is 1. The Bertz CT molecular complexity index is 569. The number of nitrogens with zero attached hydrogens (tertiary/aromatic N) is 2. The molecule has 1 atom stereocenters. The predicted octanol–water partition coefficient (Wildman–Crippen LogP) is 1.63. The number of hydrogen-bond donors (Lipinski definition) is 0. The summed E-state index contributed by atoms with van der Waals surface area (Å²) in [4.78, 5) is 2.64. The van der Waals surface area contributed by atoms with Gasteiger partial charge in [-0.15, -0.1) is 0 Å². The second kappa shape index (κ2) is 5.23. The van der Waals surface area contributed by atoms with Crippen LogP contribution in [0.25, 0.3) is 0 Å². The molecule has 19 heavy (non-hydrogen) atoms. The van der Waals surface area contributed by atoms with E-state index in [0.29, 0.717) is 18.0 Å². The van der Waals surface area contributed by atoms with Crippen LogP contribution in [0.15, 0.2) is 23.1 Å². The highest BCUT2D eigenvalue weighted by atomic mass is 32.2. The SMILES string of the molecule is Cc1ccc(C)c(S(=O)(=O)N2CCN(C)C(C)C2)c1. The zero-order valence-corrected chi connectivity index (χ0v) is 12.9. The van der Waals surface area contributed by atoms with Crippen molar-refractivity contribution < 1.29 is 8.42 Å². The van der Waals surface area contributed by atoms with Gasteiger partial charge >= 0.3 is 0 Å². The van der Waals surface area contributed by atoms with Crippen molar-refractivity contribution in [3.05, 3.63) is 29.3 Å². The van der Waals surface area contributed by atoms with Gasteiger partial charge in [0.2, 0.25) is 10.0 Å². The van der Waals surface area contributed by atoms with Crippen molar-refractivity contribution in [1.82, 2.24) is 9.21 Å². The maximum absolute atomic E-state index is 12.7. The van der Waals surface area contributed by atoms with Crippen molar-refractivity contribution >= 4 is 10.0 Å². The molecule has 1 aromatic carbocycles. The van der Waals surface area contributed by atoms with E-state index in [0.717, 1.165) is 17.7 Å². The summed E-state index contributed by atoms with van der Waals surface area (Å²) in [6.07, 6.45) is 0. The molecule has 0 bridgehead atoms. The fraction of sp³-hybridized carbons (Fsp3) is 0.571. The Morgan fingerprint density at radius 2 is 1.89 bits per heavy atom. The van der Waals surface area contributed by atoms with E-state index in [1.807, 2.05) is 33.0 Å². The second-order valence-electron chi connectivity index (χ2n) is 5.46. The lowest BCUT2D eigenvalue weighted by atomic mass is 10.2. The first kappa shape index (κ1) is 14.5. The molecule has 0 radical (unpaired) electrons. The topological polar surface area (TPSA) is 40.6 Å². The van der Waals surface area contributed by atoms with Crippen LogP contribution in [-0.4, -0.2) is 50.3 Å². The summed E-state index contributed by atoms with van der Waals surface area (Å²) in [5.41, 5.74) is 1.79. The Morgan fingerprint density at radius 3 is 2.53 bits per heavy atom. The standard InChI is InChI=1S/C14H22N2O2S/c1-11-5-6-12(2)14(9-11)19(17,18)16-8-7-15(4)13(3)10-16/h5-6,9,13H,7-8,10H2,1-4H3. The Hall–Kier alpha value is -0.910. The fourth-order valence-corrected chi connectivity index (χ4v) is 4.18. The molecule has 1 aliphatic rings. The average molecular weight is 282 g/mol. The molecule has 0 N–H and O–H groups in total. The van der Waals surface area contributed by atoms with E-state index < -0.39 is 10.0 Å². The van der Waals surface area contributed by atoms with Gasteiger partial charge in [0.05, 0.1) is 4.90 Å². The minimum absolute atomic E-state index is 0.258. The Kier molecular flexibility index (Phi) is 3.99. The molecule has 0 spiro atoms. The molecule has 5 heteroatoms. The lowest BCUT2D eigenvalue weighted by Crippen LogP contribution is -2.51. The van der Waals surface area contributed by atoms with E-state index in [4.69, 9.17) is 0 Å². The zero-order valence-electron chi connectivity index (χ0n) is 12.0. The van der Waals surface area contributed by atoms with Crippen LogP contribution in [0.4, 0.5) is 0 Å². The van der Waals surface area contributed by atoms with Crippen LogP contribution < -0.4 is 0 Å². The third-order valence-corrected chi connectivity index (χ3v) is 5.89. The normalized spacial score (nSPS) is 22.6. The lowest BCUT2D eigenvalue weighted by Gasteiger charge is -2.37. The molecule has 106 valence electrons. The molecule has 1 aromatic rings. The molecule has 0 saturated carbocycles. The van der Waals surface area contributed by atoms with E-state index in [1.54, 1.807) is 10.4 Å². The van der Waals surface area contributed by atoms with E-state index in [2.05, 4.69) is 11.8 Å². The summed E-state index contributed by atoms with van der Waals surface area (Å²) in [6.45, 7) is 7.75. The van der Waals surface area contributed by atoms with Crippen LogP contribution in [0.5, 0.6) is 0 Å². The molecule has 2 rings (SSSR count). The van der Waals surface area contributed by atoms with Gasteiger partial charge in [0.25, 0.3) is 0 Å². The van der Waals surface area contributed by atoms with Crippen molar-refractivity contribution in [2.24, 2.45) is 0 Å². The van der Waals surface area contributed by atoms with Gasteiger partial charge in [-0.05, 0) is 45.0 Å². The van der Waals surface area contributed by atoms with Crippen LogP contribution in [0.2, 0.25) is 0 Å². The third-order valence-electron chi connectivity index (χ3n) is 3.88. The number of sulfonamides is 1. The van der Waals surface area contributed by atoms with Crippen LogP contribution >= 0.6 is 0 Å². The van der Waals surface area contributed by atoms with E-state index in [1.165, 1.54) is 0 Å². The van der Waals surface area contributed by atoms with Gasteiger partial charge in [0.1, 0.15) is 0 Å². The molecular formula is C14H22N2O2S. The molecule has 1 fully saturated rings. The molecule has 0 aliphatic carbocycles. The van der Waals surface area contributed by atoms with Crippen LogP contribution in [0, 0.1) is 13.8 Å². The molecular weight excluding hydrogens is 260 g/mol. The minimum Gasteiger partial charge on any atom is -0.301 e. The number of aryl methyl sites for hydroxylation is 2. The number of likely N-dealkylation sites (N-methyl/N-ethyl adjacent to an activating group) is 1. The van der Waals surface area contributed by atoms with Gasteiger partial charge in [-0.1, -0.05) is 12.1 Å². The Morgan fingerprint density at radius 1 is 1.21 bits per heavy atom. The van der Waals surface area contributed by atoms with Gasteiger partial charge < -0.3 is 4.90 Å². The van der Waals surface area contributed by atoms with Crippen LogP contribution in [-0.2, 0) is 10.0 Å². The van der Waals surface area contributed by atoms with Gasteiger partial charge in [-0.25, -0.2) is 8.42 Å². The van der Waals surface area contributed by atoms with E-state index >= 15 is 0 Å². The van der Waals surface area contributed by atoms with Crippen molar-refractivity contribution in [2.45, 2.75) is 31.7 Å². The molecule has 4 nitrogen and oxygen atoms in total. The molecule has 0 aromatic heterocycles. The Balaban J connectivity index is 2.35. The quantitative estimate of drug-likeness (QED) is 0.828. The summed E-state index contributed by atoms with van der Waals surface area (Å²) in [5, 5.41) is 0. The van der Waals surface area contributed by atoms with Crippen LogP contribution in [0.3, 0.4) is 0 Å². The first-order chi connectivity index (χ1) is 8.82. The highest BCUT2D eigenvalue weighted by Gasteiger charge is 2.31. The molecule has 1 unspecified atom stereocenters. The lowest BCUT2D eigenvalue weighted by molar-refractivity contribution is 0.159. The Labute approximate surface area is 116 Å². The third kappa shape index (κ3) is 2.83. The summed E-state index contributed by atoms with van der Waals surface area (Å²) >= 11 is 0. The highest BCUT2D eigenvalue weighted by Crippen LogP contribution is 2.23. The number of benzene rings is 1. The van der Waals surface area contributed by atoms with Gasteiger partial charge in [0.15, 0.2) is 0 Å². The van der Waals surface area contributed by atoms with Gasteiger partial charge in [-0.3, -0.25) is 0 Å². The summed E-state index contributed by atoms with van der Waals surface area (Å²) in [6, 6.07) is 5.85. The summed E-state index contributed by atoms with van der Waals surface area (Å²) in [5.74, 6) is 0. The largest absolute Gasteiger partial charge is 0.301 e. The fourth-order valence-electron chi connectivity index (χ4n) is 2.36. The zero-order chi connectivity index (χ0) is 14.2. The molecule has 1 aliphatic heterocycles. The molecule has 1 heterocycles. The number of hydrogen-bond acceptors (Lipinski definition) is 3. The first-order valence-electron chi connectivity index (χ1n) is 6.60. The van der Waals surface area contributed by atoms with Crippen molar-refractivity contribution in [1.29, 1.82) is 0 Å². The van der Waals surface area contributed by atoms with Crippen molar-refractivity contribution in [3.63, 3.8) is 0 Å². The van der Waals surface area contributed by atoms with Gasteiger partial charge in [-0.2, -0.15) is 4.31 Å². The predicted molar refractivity (Wildman–Crippen MR) is 76.8 cm³/mol. The van der Waals surface area contributed by atoms with Crippen LogP contribution in [0.1, 0.15) is 18.1 Å². The minimum atomic E-state index is -3.36. The highest BCUT2D eigenvalue weighted by molar-refractivity contribution is 7.89.